The minimum absolute atomic E-state index is 0.0747. The fourth-order valence-electron chi connectivity index (χ4n) is 2.79. The number of ether oxygens (including phenoxy) is 2. The van der Waals surface area contributed by atoms with Crippen molar-refractivity contribution < 1.29 is 36.5 Å². The summed E-state index contributed by atoms with van der Waals surface area (Å²) in [6, 6.07) is 1.86. The van der Waals surface area contributed by atoms with Crippen LogP contribution in [0.3, 0.4) is 0 Å². The number of aliphatic hydroxyl groups is 1. The number of methoxy groups -OCH3 is 1. The average molecular weight is 326 g/mol. The Bertz CT molecular complexity index is 574. The summed E-state index contributed by atoms with van der Waals surface area (Å²) in [5.74, 6) is -5.50. The Kier molecular flexibility index (Phi) is 4.12. The van der Waals surface area contributed by atoms with Crippen molar-refractivity contribution in [3.05, 3.63) is 29.3 Å². The van der Waals surface area contributed by atoms with Crippen LogP contribution in [-0.2, 0) is 4.74 Å². The SMILES string of the molecule is COc1c(C2C(O)O[C@@](C)(C(F)(F)F)[C@H]2C)ccc(F)c1F. The number of aliphatic hydroxyl groups excluding tert-OH is 1. The quantitative estimate of drug-likeness (QED) is 0.847. The highest BCUT2D eigenvalue weighted by molar-refractivity contribution is 5.40. The first-order chi connectivity index (χ1) is 10.0. The van der Waals surface area contributed by atoms with Gasteiger partial charge in [-0.3, -0.25) is 0 Å². The topological polar surface area (TPSA) is 38.7 Å². The van der Waals surface area contributed by atoms with E-state index >= 15 is 0 Å². The minimum Gasteiger partial charge on any atom is -0.493 e. The molecule has 22 heavy (non-hydrogen) atoms. The summed E-state index contributed by atoms with van der Waals surface area (Å²) in [5.41, 5.74) is -2.68. The van der Waals surface area contributed by atoms with E-state index in [9.17, 15) is 27.1 Å². The Labute approximate surface area is 123 Å². The largest absolute Gasteiger partial charge is 0.493 e. The molecule has 0 bridgehead atoms. The van der Waals surface area contributed by atoms with Crippen molar-refractivity contribution in [2.45, 2.75) is 37.8 Å². The van der Waals surface area contributed by atoms with E-state index in [0.717, 1.165) is 26.2 Å². The molecule has 1 aliphatic rings. The number of halogens is 5. The molecule has 0 spiro atoms. The molecule has 8 heteroatoms. The standard InChI is InChI=1S/C14H15F5O3/c1-6-9(12(20)22-13(6,2)14(17,18)19)7-4-5-8(15)10(16)11(7)21-3/h4-6,9,12,20H,1-3H3/t6-,9?,12?,13+/m0/s1. The predicted octanol–water partition coefficient (Wildman–Crippen LogP) is 3.36. The molecule has 1 saturated heterocycles. The Morgan fingerprint density at radius 2 is 1.86 bits per heavy atom. The maximum atomic E-state index is 13.8. The third-order valence-electron chi connectivity index (χ3n) is 4.29. The molecule has 4 atom stereocenters. The molecular formula is C14H15F5O3. The van der Waals surface area contributed by atoms with E-state index in [0.29, 0.717) is 0 Å². The third kappa shape index (κ3) is 2.34. The van der Waals surface area contributed by atoms with E-state index in [4.69, 9.17) is 9.47 Å². The Balaban J connectivity index is 2.53. The van der Waals surface area contributed by atoms with Crippen LogP contribution >= 0.6 is 0 Å². The lowest BCUT2D eigenvalue weighted by molar-refractivity contribution is -0.291. The van der Waals surface area contributed by atoms with E-state index in [1.807, 2.05) is 0 Å². The molecule has 1 N–H and O–H groups in total. The molecule has 0 aliphatic carbocycles. The van der Waals surface area contributed by atoms with Gasteiger partial charge in [0.15, 0.2) is 23.5 Å². The van der Waals surface area contributed by atoms with Crippen molar-refractivity contribution in [2.75, 3.05) is 7.11 Å². The summed E-state index contributed by atoms with van der Waals surface area (Å²) in [7, 11) is 1.07. The second-order valence-electron chi connectivity index (χ2n) is 5.41. The van der Waals surface area contributed by atoms with Gasteiger partial charge in [-0.2, -0.15) is 17.6 Å². The molecule has 2 unspecified atom stereocenters. The monoisotopic (exact) mass is 326 g/mol. The zero-order chi connectivity index (χ0) is 16.9. The summed E-state index contributed by atoms with van der Waals surface area (Å²) in [6.45, 7) is 2.04. The fraction of sp³-hybridized carbons (Fsp3) is 0.571. The summed E-state index contributed by atoms with van der Waals surface area (Å²) in [6.07, 6.45) is -6.55. The van der Waals surface area contributed by atoms with E-state index < -0.39 is 47.3 Å². The first kappa shape index (κ1) is 17.0. The molecule has 2 rings (SSSR count). The van der Waals surface area contributed by atoms with Crippen LogP contribution in [0, 0.1) is 17.6 Å². The first-order valence-electron chi connectivity index (χ1n) is 6.49. The smallest absolute Gasteiger partial charge is 0.417 e. The van der Waals surface area contributed by atoms with E-state index in [-0.39, 0.29) is 5.56 Å². The van der Waals surface area contributed by atoms with Gasteiger partial charge in [0.1, 0.15) is 0 Å². The Morgan fingerprint density at radius 3 is 2.32 bits per heavy atom. The molecule has 1 heterocycles. The van der Waals surface area contributed by atoms with E-state index in [1.54, 1.807) is 0 Å². The van der Waals surface area contributed by atoms with Gasteiger partial charge in [0.2, 0.25) is 5.82 Å². The van der Waals surface area contributed by atoms with E-state index in [2.05, 4.69) is 0 Å². The van der Waals surface area contributed by atoms with Crippen molar-refractivity contribution in [1.29, 1.82) is 0 Å². The van der Waals surface area contributed by atoms with Crippen LogP contribution in [0.15, 0.2) is 12.1 Å². The lowest BCUT2D eigenvalue weighted by Crippen LogP contribution is -2.46. The van der Waals surface area contributed by atoms with Crippen LogP contribution in [0.25, 0.3) is 0 Å². The number of rotatable bonds is 2. The van der Waals surface area contributed by atoms with Crippen molar-refractivity contribution in [1.82, 2.24) is 0 Å². The molecule has 1 fully saturated rings. The minimum atomic E-state index is -4.73. The highest BCUT2D eigenvalue weighted by Gasteiger charge is 2.64. The van der Waals surface area contributed by atoms with Crippen LogP contribution in [0.5, 0.6) is 5.75 Å². The van der Waals surface area contributed by atoms with Gasteiger partial charge in [-0.15, -0.1) is 0 Å². The van der Waals surface area contributed by atoms with Crippen LogP contribution < -0.4 is 4.74 Å². The lowest BCUT2D eigenvalue weighted by atomic mass is 9.79. The van der Waals surface area contributed by atoms with Crippen molar-refractivity contribution in [3.63, 3.8) is 0 Å². The molecule has 1 aromatic rings. The predicted molar refractivity (Wildman–Crippen MR) is 66.4 cm³/mol. The van der Waals surface area contributed by atoms with Crippen LogP contribution in [0.4, 0.5) is 22.0 Å². The Morgan fingerprint density at radius 1 is 1.27 bits per heavy atom. The van der Waals surface area contributed by atoms with Crippen LogP contribution in [0.2, 0.25) is 0 Å². The zero-order valence-corrected chi connectivity index (χ0v) is 12.0. The van der Waals surface area contributed by atoms with Gasteiger partial charge < -0.3 is 14.6 Å². The van der Waals surface area contributed by atoms with E-state index in [1.165, 1.54) is 6.92 Å². The maximum Gasteiger partial charge on any atom is 0.417 e. The van der Waals surface area contributed by atoms with Gasteiger partial charge in [0, 0.05) is 17.4 Å². The number of alkyl halides is 3. The molecule has 3 nitrogen and oxygen atoms in total. The highest BCUT2D eigenvalue weighted by Crippen LogP contribution is 2.54. The lowest BCUT2D eigenvalue weighted by Gasteiger charge is -2.31. The average Bonchev–Trinajstić information content (AvgIpc) is 2.64. The van der Waals surface area contributed by atoms with Crippen LogP contribution in [-0.4, -0.2) is 30.3 Å². The number of hydrogen-bond acceptors (Lipinski definition) is 3. The second-order valence-corrected chi connectivity index (χ2v) is 5.41. The van der Waals surface area contributed by atoms with Gasteiger partial charge in [-0.05, 0) is 13.0 Å². The molecule has 0 radical (unpaired) electrons. The van der Waals surface area contributed by atoms with Crippen molar-refractivity contribution in [3.8, 4) is 5.75 Å². The molecule has 0 aromatic heterocycles. The fourth-order valence-corrected chi connectivity index (χ4v) is 2.79. The molecule has 0 amide bonds. The van der Waals surface area contributed by atoms with Gasteiger partial charge in [0.25, 0.3) is 0 Å². The molecule has 1 aromatic carbocycles. The van der Waals surface area contributed by atoms with Gasteiger partial charge in [-0.1, -0.05) is 13.0 Å². The summed E-state index contributed by atoms with van der Waals surface area (Å²) < 4.78 is 76.0. The van der Waals surface area contributed by atoms with Gasteiger partial charge >= 0.3 is 6.18 Å². The zero-order valence-electron chi connectivity index (χ0n) is 12.0. The molecule has 124 valence electrons. The van der Waals surface area contributed by atoms with Crippen molar-refractivity contribution in [2.24, 2.45) is 5.92 Å². The number of benzene rings is 1. The summed E-state index contributed by atoms with van der Waals surface area (Å²) >= 11 is 0. The summed E-state index contributed by atoms with van der Waals surface area (Å²) in [5, 5.41) is 9.90. The first-order valence-corrected chi connectivity index (χ1v) is 6.49. The van der Waals surface area contributed by atoms with Crippen LogP contribution in [0.1, 0.15) is 25.3 Å². The second kappa shape index (κ2) is 5.34. The van der Waals surface area contributed by atoms with Gasteiger partial charge in [-0.25, -0.2) is 4.39 Å². The Hall–Kier alpha value is -1.41. The molecule has 0 saturated carbocycles. The summed E-state index contributed by atoms with van der Waals surface area (Å²) in [4.78, 5) is 0. The molecule has 1 aliphatic heterocycles. The normalized spacial score (nSPS) is 32.3. The molecular weight excluding hydrogens is 311 g/mol. The number of hydrogen-bond donors (Lipinski definition) is 1. The van der Waals surface area contributed by atoms with Crippen molar-refractivity contribution >= 4 is 0 Å². The van der Waals surface area contributed by atoms with Gasteiger partial charge in [0.05, 0.1) is 7.11 Å². The maximum absolute atomic E-state index is 13.8. The third-order valence-corrected chi connectivity index (χ3v) is 4.29. The highest BCUT2D eigenvalue weighted by atomic mass is 19.4.